The van der Waals surface area contributed by atoms with Crippen molar-refractivity contribution >= 4 is 29.3 Å². The molecule has 1 unspecified atom stereocenters. The van der Waals surface area contributed by atoms with Gasteiger partial charge in [0.15, 0.2) is 0 Å². The van der Waals surface area contributed by atoms with E-state index in [9.17, 15) is 9.59 Å². The van der Waals surface area contributed by atoms with Gasteiger partial charge in [-0.1, -0.05) is 26.0 Å². The highest BCUT2D eigenvalue weighted by molar-refractivity contribution is 7.99. The fraction of sp³-hybridized carbons (Fsp3) is 0.529. The summed E-state index contributed by atoms with van der Waals surface area (Å²) in [6.45, 7) is 5.65. The van der Waals surface area contributed by atoms with Crippen molar-refractivity contribution in [3.63, 3.8) is 0 Å². The van der Waals surface area contributed by atoms with Crippen molar-refractivity contribution in [2.45, 2.75) is 26.3 Å². The summed E-state index contributed by atoms with van der Waals surface area (Å²) in [5.41, 5.74) is 1.08. The number of thioether (sulfide) groups is 1. The van der Waals surface area contributed by atoms with Crippen LogP contribution >= 0.6 is 11.8 Å². The molecule has 2 rings (SSSR count). The van der Waals surface area contributed by atoms with Crippen molar-refractivity contribution < 1.29 is 9.59 Å². The number of carbonyl (C=O) groups excluding carboxylic acids is 2. The Hall–Kier alpha value is -1.53. The van der Waals surface area contributed by atoms with Gasteiger partial charge >= 0.3 is 0 Å². The lowest BCUT2D eigenvalue weighted by molar-refractivity contribution is -0.116. The van der Waals surface area contributed by atoms with Gasteiger partial charge in [0.2, 0.25) is 5.91 Å². The van der Waals surface area contributed by atoms with Crippen LogP contribution in [0.4, 0.5) is 5.69 Å². The van der Waals surface area contributed by atoms with Crippen molar-refractivity contribution in [2.75, 3.05) is 29.9 Å². The Balaban J connectivity index is 1.96. The Labute approximate surface area is 142 Å². The molecule has 126 valence electrons. The third-order valence-corrected chi connectivity index (χ3v) is 4.68. The minimum absolute atomic E-state index is 0.0610. The average molecular weight is 335 g/mol. The molecule has 1 aliphatic heterocycles. The summed E-state index contributed by atoms with van der Waals surface area (Å²) in [5.74, 6) is 2.21. The van der Waals surface area contributed by atoms with Crippen LogP contribution in [0, 0.1) is 5.92 Å². The van der Waals surface area contributed by atoms with Crippen molar-refractivity contribution in [1.29, 1.82) is 0 Å². The minimum Gasteiger partial charge on any atom is -0.352 e. The molecule has 5 nitrogen and oxygen atoms in total. The number of nitrogens with one attached hydrogen (secondary N) is 3. The lowest BCUT2D eigenvalue weighted by atomic mass is 10.1. The van der Waals surface area contributed by atoms with Crippen molar-refractivity contribution in [1.82, 2.24) is 10.6 Å². The minimum atomic E-state index is -0.152. The van der Waals surface area contributed by atoms with Gasteiger partial charge in [0.25, 0.3) is 5.91 Å². The van der Waals surface area contributed by atoms with Crippen LogP contribution in [0.2, 0.25) is 0 Å². The zero-order chi connectivity index (χ0) is 16.7. The SMILES string of the molecule is CC(C)CNC(=O)c1ccccc1NC(=O)CC1CSCCN1. The van der Waals surface area contributed by atoms with Gasteiger partial charge in [0.05, 0.1) is 11.3 Å². The van der Waals surface area contributed by atoms with Crippen LogP contribution in [-0.4, -0.2) is 42.5 Å². The highest BCUT2D eigenvalue weighted by atomic mass is 32.2. The molecule has 1 fully saturated rings. The van der Waals surface area contributed by atoms with Crippen LogP contribution in [0.3, 0.4) is 0 Å². The Morgan fingerprint density at radius 1 is 1.35 bits per heavy atom. The third kappa shape index (κ3) is 5.88. The molecule has 0 saturated carbocycles. The summed E-state index contributed by atoms with van der Waals surface area (Å²) < 4.78 is 0. The van der Waals surface area contributed by atoms with E-state index < -0.39 is 0 Å². The second-order valence-electron chi connectivity index (χ2n) is 6.13. The van der Waals surface area contributed by atoms with Crippen LogP contribution in [0.25, 0.3) is 0 Å². The second-order valence-corrected chi connectivity index (χ2v) is 7.28. The summed E-state index contributed by atoms with van der Waals surface area (Å²) in [5, 5.41) is 9.11. The molecule has 0 aliphatic carbocycles. The van der Waals surface area contributed by atoms with Crippen LogP contribution in [0.15, 0.2) is 24.3 Å². The van der Waals surface area contributed by atoms with Gasteiger partial charge in [0.1, 0.15) is 0 Å². The summed E-state index contributed by atoms with van der Waals surface area (Å²) in [7, 11) is 0. The maximum atomic E-state index is 12.3. The second kappa shape index (κ2) is 8.93. The summed E-state index contributed by atoms with van der Waals surface area (Å²) in [6, 6.07) is 7.34. The first kappa shape index (κ1) is 17.8. The lowest BCUT2D eigenvalue weighted by Crippen LogP contribution is -2.40. The number of anilines is 1. The Morgan fingerprint density at radius 3 is 2.83 bits per heavy atom. The number of amides is 2. The number of hydrogen-bond donors (Lipinski definition) is 3. The zero-order valence-corrected chi connectivity index (χ0v) is 14.5. The Bertz CT molecular complexity index is 542. The number of hydrogen-bond acceptors (Lipinski definition) is 4. The number of para-hydroxylation sites is 1. The Kier molecular flexibility index (Phi) is 6.92. The molecule has 0 aromatic heterocycles. The predicted molar refractivity (Wildman–Crippen MR) is 96.0 cm³/mol. The van der Waals surface area contributed by atoms with E-state index in [-0.39, 0.29) is 17.9 Å². The first-order valence-electron chi connectivity index (χ1n) is 8.04. The monoisotopic (exact) mass is 335 g/mol. The van der Waals surface area contributed by atoms with Crippen LogP contribution in [0.5, 0.6) is 0 Å². The molecule has 2 amide bonds. The largest absolute Gasteiger partial charge is 0.352 e. The normalized spacial score (nSPS) is 17.8. The topological polar surface area (TPSA) is 70.2 Å². The van der Waals surface area contributed by atoms with Gasteiger partial charge in [-0.3, -0.25) is 9.59 Å². The van der Waals surface area contributed by atoms with Gasteiger partial charge in [-0.15, -0.1) is 0 Å². The van der Waals surface area contributed by atoms with Gasteiger partial charge in [-0.05, 0) is 18.1 Å². The standard InChI is InChI=1S/C17H25N3O2S/c1-12(2)10-19-17(22)14-5-3-4-6-15(14)20-16(21)9-13-11-23-8-7-18-13/h3-6,12-13,18H,7-11H2,1-2H3,(H,19,22)(H,20,21). The highest BCUT2D eigenvalue weighted by Gasteiger charge is 2.18. The van der Waals surface area contributed by atoms with E-state index in [2.05, 4.69) is 16.0 Å². The van der Waals surface area contributed by atoms with Gasteiger partial charge < -0.3 is 16.0 Å². The maximum absolute atomic E-state index is 12.3. The van der Waals surface area contributed by atoms with E-state index in [1.54, 1.807) is 18.2 Å². The Morgan fingerprint density at radius 2 is 2.13 bits per heavy atom. The average Bonchev–Trinajstić information content (AvgIpc) is 2.54. The van der Waals surface area contributed by atoms with Crippen LogP contribution < -0.4 is 16.0 Å². The summed E-state index contributed by atoms with van der Waals surface area (Å²) in [6.07, 6.45) is 0.426. The molecule has 6 heteroatoms. The van der Waals surface area contributed by atoms with Gasteiger partial charge in [0, 0.05) is 37.1 Å². The number of rotatable bonds is 6. The molecular weight excluding hydrogens is 310 g/mol. The van der Waals surface area contributed by atoms with E-state index in [1.807, 2.05) is 31.7 Å². The van der Waals surface area contributed by atoms with Crippen molar-refractivity contribution in [2.24, 2.45) is 5.92 Å². The molecule has 1 atom stereocenters. The summed E-state index contributed by atoms with van der Waals surface area (Å²) >= 11 is 1.86. The van der Waals surface area contributed by atoms with E-state index >= 15 is 0 Å². The third-order valence-electron chi connectivity index (χ3n) is 3.55. The van der Waals surface area contributed by atoms with Crippen molar-refractivity contribution in [3.05, 3.63) is 29.8 Å². The van der Waals surface area contributed by atoms with E-state index in [0.29, 0.717) is 30.1 Å². The fourth-order valence-corrected chi connectivity index (χ4v) is 3.31. The van der Waals surface area contributed by atoms with Crippen LogP contribution in [-0.2, 0) is 4.79 Å². The molecule has 23 heavy (non-hydrogen) atoms. The molecule has 0 radical (unpaired) electrons. The molecule has 1 saturated heterocycles. The molecular formula is C17H25N3O2S. The quantitative estimate of drug-likeness (QED) is 0.745. The molecule has 3 N–H and O–H groups in total. The van der Waals surface area contributed by atoms with Gasteiger partial charge in [-0.2, -0.15) is 11.8 Å². The number of benzene rings is 1. The number of carbonyl (C=O) groups is 2. The molecule has 1 aliphatic rings. The van der Waals surface area contributed by atoms with E-state index in [4.69, 9.17) is 0 Å². The first-order valence-corrected chi connectivity index (χ1v) is 9.20. The van der Waals surface area contributed by atoms with E-state index in [1.165, 1.54) is 0 Å². The fourth-order valence-electron chi connectivity index (χ4n) is 2.36. The van der Waals surface area contributed by atoms with Gasteiger partial charge in [-0.25, -0.2) is 0 Å². The predicted octanol–water partition coefficient (Wildman–Crippen LogP) is 2.11. The van der Waals surface area contributed by atoms with Crippen LogP contribution in [0.1, 0.15) is 30.6 Å². The maximum Gasteiger partial charge on any atom is 0.253 e. The molecule has 1 aromatic rings. The summed E-state index contributed by atoms with van der Waals surface area (Å²) in [4.78, 5) is 24.5. The first-order chi connectivity index (χ1) is 11.1. The zero-order valence-electron chi connectivity index (χ0n) is 13.7. The molecule has 0 bridgehead atoms. The lowest BCUT2D eigenvalue weighted by Gasteiger charge is -2.22. The van der Waals surface area contributed by atoms with E-state index in [0.717, 1.165) is 18.1 Å². The molecule has 1 heterocycles. The van der Waals surface area contributed by atoms with Crippen molar-refractivity contribution in [3.8, 4) is 0 Å². The smallest absolute Gasteiger partial charge is 0.253 e. The highest BCUT2D eigenvalue weighted by Crippen LogP contribution is 2.17. The molecule has 0 spiro atoms. The molecule has 1 aromatic carbocycles.